The van der Waals surface area contributed by atoms with Gasteiger partial charge >= 0.3 is 0 Å². The number of benzene rings is 2. The molecular formula is C21H22FN3O3S2. The maximum absolute atomic E-state index is 13.0. The van der Waals surface area contributed by atoms with E-state index >= 15 is 0 Å². The van der Waals surface area contributed by atoms with Gasteiger partial charge in [0.05, 0.1) is 15.1 Å². The van der Waals surface area contributed by atoms with E-state index in [1.165, 1.54) is 17.7 Å². The van der Waals surface area contributed by atoms with Crippen LogP contribution in [0.25, 0.3) is 10.2 Å². The predicted octanol–water partition coefficient (Wildman–Crippen LogP) is 3.17. The maximum Gasteiger partial charge on any atom is 0.238 e. The van der Waals surface area contributed by atoms with Crippen molar-refractivity contribution in [2.75, 3.05) is 36.8 Å². The lowest BCUT2D eigenvalue weighted by Gasteiger charge is -2.34. The Kier molecular flexibility index (Phi) is 5.50. The number of anilines is 1. The standard InChI is InChI=1S/C21H22FN3O3S2/c1-14-11-15(2)20-18(12-14)29-21(23-20)25-9-7-24(8-10-25)19(26)13-30(27,28)17-5-3-16(22)4-6-17/h3-6,11-12H,7-10,13H2,1-2H3. The lowest BCUT2D eigenvalue weighted by Crippen LogP contribution is -2.50. The zero-order valence-corrected chi connectivity index (χ0v) is 18.4. The Bertz CT molecular complexity index is 1200. The molecular weight excluding hydrogens is 425 g/mol. The van der Waals surface area contributed by atoms with E-state index in [9.17, 15) is 17.6 Å². The highest BCUT2D eigenvalue weighted by Gasteiger charge is 2.27. The van der Waals surface area contributed by atoms with Crippen LogP contribution in [0.2, 0.25) is 0 Å². The summed E-state index contributed by atoms with van der Waals surface area (Å²) in [5, 5.41) is 0.921. The normalized spacial score (nSPS) is 15.0. The second-order valence-corrected chi connectivity index (χ2v) is 10.5. The molecule has 1 aromatic heterocycles. The van der Waals surface area contributed by atoms with Crippen LogP contribution in [0.4, 0.5) is 9.52 Å². The van der Waals surface area contributed by atoms with E-state index in [1.807, 2.05) is 0 Å². The van der Waals surface area contributed by atoms with E-state index in [0.717, 1.165) is 33.0 Å². The molecule has 158 valence electrons. The molecule has 30 heavy (non-hydrogen) atoms. The third-order valence-electron chi connectivity index (χ3n) is 5.21. The molecule has 0 N–H and O–H groups in total. The number of sulfone groups is 1. The van der Waals surface area contributed by atoms with Gasteiger partial charge < -0.3 is 9.80 Å². The summed E-state index contributed by atoms with van der Waals surface area (Å²) in [4.78, 5) is 21.0. The zero-order chi connectivity index (χ0) is 21.5. The molecule has 2 aromatic carbocycles. The minimum Gasteiger partial charge on any atom is -0.345 e. The summed E-state index contributed by atoms with van der Waals surface area (Å²) in [5.41, 5.74) is 3.35. The van der Waals surface area contributed by atoms with Gasteiger partial charge in [0.25, 0.3) is 0 Å². The van der Waals surface area contributed by atoms with Gasteiger partial charge in [0, 0.05) is 26.2 Å². The van der Waals surface area contributed by atoms with Gasteiger partial charge in [-0.2, -0.15) is 0 Å². The summed E-state index contributed by atoms with van der Waals surface area (Å²) in [6.07, 6.45) is 0. The topological polar surface area (TPSA) is 70.6 Å². The van der Waals surface area contributed by atoms with Crippen molar-refractivity contribution in [2.24, 2.45) is 0 Å². The largest absolute Gasteiger partial charge is 0.345 e. The molecule has 0 bridgehead atoms. The van der Waals surface area contributed by atoms with E-state index in [2.05, 4.69) is 30.9 Å². The maximum atomic E-state index is 13.0. The fourth-order valence-corrected chi connectivity index (χ4v) is 6.04. The number of aromatic nitrogens is 1. The first-order valence-corrected chi connectivity index (χ1v) is 12.1. The van der Waals surface area contributed by atoms with Gasteiger partial charge in [-0.3, -0.25) is 4.79 Å². The lowest BCUT2D eigenvalue weighted by molar-refractivity contribution is -0.128. The van der Waals surface area contributed by atoms with Crippen molar-refractivity contribution in [1.82, 2.24) is 9.88 Å². The summed E-state index contributed by atoms with van der Waals surface area (Å²) >= 11 is 1.64. The number of hydrogen-bond acceptors (Lipinski definition) is 6. The third kappa shape index (κ3) is 4.17. The molecule has 0 radical (unpaired) electrons. The van der Waals surface area contributed by atoms with Crippen molar-refractivity contribution >= 4 is 42.4 Å². The number of amides is 1. The smallest absolute Gasteiger partial charge is 0.238 e. The highest BCUT2D eigenvalue weighted by Crippen LogP contribution is 2.32. The van der Waals surface area contributed by atoms with Gasteiger partial charge in [-0.05, 0) is 55.3 Å². The summed E-state index contributed by atoms with van der Waals surface area (Å²) in [6.45, 7) is 6.19. The van der Waals surface area contributed by atoms with Crippen LogP contribution in [-0.4, -0.2) is 56.1 Å². The van der Waals surface area contributed by atoms with Gasteiger partial charge in [0.15, 0.2) is 15.0 Å². The molecule has 9 heteroatoms. The molecule has 0 spiro atoms. The van der Waals surface area contributed by atoms with Crippen LogP contribution in [-0.2, 0) is 14.6 Å². The fourth-order valence-electron chi connectivity index (χ4n) is 3.62. The summed E-state index contributed by atoms with van der Waals surface area (Å²) in [7, 11) is -3.80. The molecule has 0 aliphatic carbocycles. The highest BCUT2D eigenvalue weighted by molar-refractivity contribution is 7.92. The second kappa shape index (κ2) is 7.96. The Hall–Kier alpha value is -2.52. The van der Waals surface area contributed by atoms with E-state index in [-0.39, 0.29) is 4.90 Å². The number of aryl methyl sites for hydroxylation is 2. The van der Waals surface area contributed by atoms with Crippen molar-refractivity contribution in [3.63, 3.8) is 0 Å². The molecule has 4 rings (SSSR count). The van der Waals surface area contributed by atoms with E-state index in [0.29, 0.717) is 26.2 Å². The second-order valence-electron chi connectivity index (χ2n) is 7.51. The highest BCUT2D eigenvalue weighted by atomic mass is 32.2. The molecule has 1 aliphatic heterocycles. The minimum atomic E-state index is -3.80. The Morgan fingerprint density at radius 2 is 1.77 bits per heavy atom. The van der Waals surface area contributed by atoms with E-state index in [4.69, 9.17) is 4.98 Å². The predicted molar refractivity (Wildman–Crippen MR) is 116 cm³/mol. The quantitative estimate of drug-likeness (QED) is 0.575. The number of piperazine rings is 1. The van der Waals surface area contributed by atoms with Crippen molar-refractivity contribution in [3.05, 3.63) is 53.3 Å². The molecule has 1 fully saturated rings. The minimum absolute atomic E-state index is 0.0453. The summed E-state index contributed by atoms with van der Waals surface area (Å²) in [6, 6.07) is 8.78. The average Bonchev–Trinajstić information content (AvgIpc) is 3.12. The first-order chi connectivity index (χ1) is 14.2. The SMILES string of the molecule is Cc1cc(C)c2nc(N3CCN(C(=O)CS(=O)(=O)c4ccc(F)cc4)CC3)sc2c1. The van der Waals surface area contributed by atoms with Crippen LogP contribution in [0.5, 0.6) is 0 Å². The third-order valence-corrected chi connectivity index (χ3v) is 7.89. The Morgan fingerprint density at radius 1 is 1.10 bits per heavy atom. The van der Waals surface area contributed by atoms with Gasteiger partial charge in [-0.15, -0.1) is 0 Å². The molecule has 0 atom stereocenters. The van der Waals surface area contributed by atoms with E-state index in [1.54, 1.807) is 16.2 Å². The number of fused-ring (bicyclic) bond motifs is 1. The van der Waals surface area contributed by atoms with Crippen molar-refractivity contribution in [1.29, 1.82) is 0 Å². The molecule has 0 unspecified atom stereocenters. The van der Waals surface area contributed by atoms with Crippen LogP contribution in [0.1, 0.15) is 11.1 Å². The van der Waals surface area contributed by atoms with Crippen LogP contribution in [0.15, 0.2) is 41.3 Å². The number of nitrogens with zero attached hydrogens (tertiary/aromatic N) is 3. The first kappa shape index (κ1) is 20.7. The van der Waals surface area contributed by atoms with Crippen LogP contribution in [0.3, 0.4) is 0 Å². The molecule has 2 heterocycles. The molecule has 3 aromatic rings. The number of thiazole rings is 1. The number of rotatable bonds is 4. The Balaban J connectivity index is 1.41. The van der Waals surface area contributed by atoms with Gasteiger partial charge in [-0.25, -0.2) is 17.8 Å². The van der Waals surface area contributed by atoms with Gasteiger partial charge in [0.1, 0.15) is 11.6 Å². The number of carbonyl (C=O) groups excluding carboxylic acids is 1. The monoisotopic (exact) mass is 447 g/mol. The average molecular weight is 448 g/mol. The number of hydrogen-bond donors (Lipinski definition) is 0. The van der Waals surface area contributed by atoms with Crippen molar-refractivity contribution < 1.29 is 17.6 Å². The fraction of sp³-hybridized carbons (Fsp3) is 0.333. The summed E-state index contributed by atoms with van der Waals surface area (Å²) < 4.78 is 39.1. The number of halogens is 1. The van der Waals surface area contributed by atoms with Crippen molar-refractivity contribution in [2.45, 2.75) is 18.7 Å². The first-order valence-electron chi connectivity index (χ1n) is 9.62. The molecule has 6 nitrogen and oxygen atoms in total. The Labute approximate surface area is 178 Å². The summed E-state index contributed by atoms with van der Waals surface area (Å²) in [5.74, 6) is -1.57. The zero-order valence-electron chi connectivity index (χ0n) is 16.8. The van der Waals surface area contributed by atoms with Crippen LogP contribution in [0, 0.1) is 19.7 Å². The molecule has 1 saturated heterocycles. The number of carbonyl (C=O) groups is 1. The van der Waals surface area contributed by atoms with Gasteiger partial charge in [-0.1, -0.05) is 17.4 Å². The van der Waals surface area contributed by atoms with E-state index < -0.39 is 27.3 Å². The van der Waals surface area contributed by atoms with Crippen LogP contribution >= 0.6 is 11.3 Å². The van der Waals surface area contributed by atoms with Crippen molar-refractivity contribution in [3.8, 4) is 0 Å². The van der Waals surface area contributed by atoms with Gasteiger partial charge in [0.2, 0.25) is 5.91 Å². The van der Waals surface area contributed by atoms with Crippen LogP contribution < -0.4 is 4.90 Å². The molecule has 0 saturated carbocycles. The molecule has 1 aliphatic rings. The lowest BCUT2D eigenvalue weighted by atomic mass is 10.1. The Morgan fingerprint density at radius 3 is 2.43 bits per heavy atom. The molecule has 1 amide bonds.